The number of morpholine rings is 1. The van der Waals surface area contributed by atoms with Gasteiger partial charge in [0.1, 0.15) is 0 Å². The molecule has 2 heterocycles. The van der Waals surface area contributed by atoms with Gasteiger partial charge in [-0.25, -0.2) is 0 Å². The molecule has 0 saturated carbocycles. The first kappa shape index (κ1) is 13.5. The van der Waals surface area contributed by atoms with E-state index in [2.05, 4.69) is 28.4 Å². The number of nitrogens with zero attached hydrogens (tertiary/aromatic N) is 3. The average Bonchev–Trinajstić information content (AvgIpc) is 2.81. The van der Waals surface area contributed by atoms with Crippen LogP contribution in [0, 0.1) is 0 Å². The third kappa shape index (κ3) is 3.31. The predicted molar refractivity (Wildman–Crippen MR) is 71.6 cm³/mol. The van der Waals surface area contributed by atoms with Crippen LogP contribution < -0.4 is 5.32 Å². The number of likely N-dealkylation sites (N-methyl/N-ethyl adjacent to an activating group) is 2. The molecule has 1 aliphatic heterocycles. The van der Waals surface area contributed by atoms with Gasteiger partial charge in [-0.1, -0.05) is 6.92 Å². The molecule has 18 heavy (non-hydrogen) atoms. The van der Waals surface area contributed by atoms with Gasteiger partial charge in [-0.2, -0.15) is 5.10 Å². The van der Waals surface area contributed by atoms with Crippen LogP contribution in [0.1, 0.15) is 12.5 Å². The van der Waals surface area contributed by atoms with Gasteiger partial charge in [0.25, 0.3) is 0 Å². The predicted octanol–water partition coefficient (Wildman–Crippen LogP) is 0.271. The van der Waals surface area contributed by atoms with Gasteiger partial charge in [0.15, 0.2) is 0 Å². The molecule has 102 valence electrons. The molecule has 0 aliphatic carbocycles. The summed E-state index contributed by atoms with van der Waals surface area (Å²) in [5, 5.41) is 7.60. The number of aromatic nitrogens is 2. The summed E-state index contributed by atoms with van der Waals surface area (Å²) >= 11 is 0. The van der Waals surface area contributed by atoms with Crippen LogP contribution >= 0.6 is 0 Å². The fourth-order valence-corrected chi connectivity index (χ4v) is 2.51. The van der Waals surface area contributed by atoms with Crippen molar-refractivity contribution in [1.29, 1.82) is 0 Å². The van der Waals surface area contributed by atoms with E-state index in [1.807, 2.05) is 25.0 Å². The molecule has 5 nitrogen and oxygen atoms in total. The molecule has 0 bridgehead atoms. The van der Waals surface area contributed by atoms with E-state index in [9.17, 15) is 0 Å². The van der Waals surface area contributed by atoms with Gasteiger partial charge in [-0.15, -0.1) is 0 Å². The SMILES string of the molecule is CCN1CCOC(C(Cc2cnn(C)c2)NC)C1. The minimum Gasteiger partial charge on any atom is -0.374 e. The minimum absolute atomic E-state index is 0.268. The standard InChI is InChI=1S/C13H24N4O/c1-4-17-5-6-18-13(10-17)12(14-2)7-11-8-15-16(3)9-11/h8-9,12-14H,4-7,10H2,1-3H3. The van der Waals surface area contributed by atoms with Gasteiger partial charge in [-0.05, 0) is 25.6 Å². The second kappa shape index (κ2) is 6.31. The molecule has 0 amide bonds. The largest absolute Gasteiger partial charge is 0.374 e. The normalized spacial score (nSPS) is 23.2. The van der Waals surface area contributed by atoms with E-state index in [4.69, 9.17) is 4.74 Å². The van der Waals surface area contributed by atoms with Crippen molar-refractivity contribution in [3.63, 3.8) is 0 Å². The molecule has 1 saturated heterocycles. The number of ether oxygens (including phenoxy) is 1. The van der Waals surface area contributed by atoms with Crippen molar-refractivity contribution in [2.45, 2.75) is 25.5 Å². The van der Waals surface area contributed by atoms with Crippen LogP contribution in [0.5, 0.6) is 0 Å². The Balaban J connectivity index is 1.95. The maximum atomic E-state index is 5.91. The van der Waals surface area contributed by atoms with E-state index in [0.717, 1.165) is 32.7 Å². The average molecular weight is 252 g/mol. The molecule has 1 aromatic heterocycles. The zero-order valence-electron chi connectivity index (χ0n) is 11.6. The van der Waals surface area contributed by atoms with Crippen molar-refractivity contribution in [2.24, 2.45) is 7.05 Å². The maximum Gasteiger partial charge on any atom is 0.0858 e. The Morgan fingerprint density at radius 1 is 1.61 bits per heavy atom. The quantitative estimate of drug-likeness (QED) is 0.817. The summed E-state index contributed by atoms with van der Waals surface area (Å²) in [5.74, 6) is 0. The van der Waals surface area contributed by atoms with Crippen LogP contribution in [0.2, 0.25) is 0 Å². The van der Waals surface area contributed by atoms with E-state index >= 15 is 0 Å². The summed E-state index contributed by atoms with van der Waals surface area (Å²) < 4.78 is 7.76. The van der Waals surface area contributed by atoms with Crippen molar-refractivity contribution in [3.05, 3.63) is 18.0 Å². The summed E-state index contributed by atoms with van der Waals surface area (Å²) in [5.41, 5.74) is 1.26. The second-order valence-corrected chi connectivity index (χ2v) is 4.92. The van der Waals surface area contributed by atoms with Crippen molar-refractivity contribution in [3.8, 4) is 0 Å². The van der Waals surface area contributed by atoms with Crippen molar-refractivity contribution in [1.82, 2.24) is 20.0 Å². The number of rotatable bonds is 5. The van der Waals surface area contributed by atoms with Gasteiger partial charge >= 0.3 is 0 Å². The molecule has 1 aromatic rings. The van der Waals surface area contributed by atoms with Gasteiger partial charge in [0.05, 0.1) is 18.9 Å². The Morgan fingerprint density at radius 2 is 2.44 bits per heavy atom. The van der Waals surface area contributed by atoms with E-state index in [0.29, 0.717) is 6.04 Å². The first-order valence-corrected chi connectivity index (χ1v) is 6.71. The van der Waals surface area contributed by atoms with E-state index in [-0.39, 0.29) is 6.10 Å². The molecular weight excluding hydrogens is 228 g/mol. The molecule has 0 aromatic carbocycles. The van der Waals surface area contributed by atoms with Crippen LogP contribution in [0.3, 0.4) is 0 Å². The number of aryl methyl sites for hydroxylation is 1. The highest BCUT2D eigenvalue weighted by Crippen LogP contribution is 2.13. The summed E-state index contributed by atoms with van der Waals surface area (Å²) in [4.78, 5) is 2.45. The Morgan fingerprint density at radius 3 is 3.06 bits per heavy atom. The van der Waals surface area contributed by atoms with Crippen LogP contribution in [-0.4, -0.2) is 60.1 Å². The molecule has 0 spiro atoms. The van der Waals surface area contributed by atoms with Crippen LogP contribution in [0.4, 0.5) is 0 Å². The van der Waals surface area contributed by atoms with Gasteiger partial charge < -0.3 is 10.1 Å². The molecule has 2 unspecified atom stereocenters. The summed E-state index contributed by atoms with van der Waals surface area (Å²) in [6.07, 6.45) is 5.24. The first-order valence-electron chi connectivity index (χ1n) is 6.71. The molecule has 1 aliphatic rings. The molecule has 1 N–H and O–H groups in total. The van der Waals surface area contributed by atoms with E-state index in [1.165, 1.54) is 5.56 Å². The van der Waals surface area contributed by atoms with Gasteiger partial charge in [0.2, 0.25) is 0 Å². The Kier molecular flexibility index (Phi) is 4.74. The lowest BCUT2D eigenvalue weighted by molar-refractivity contribution is -0.0436. The zero-order chi connectivity index (χ0) is 13.0. The summed E-state index contributed by atoms with van der Waals surface area (Å²) in [6.45, 7) is 6.21. The highest BCUT2D eigenvalue weighted by Gasteiger charge is 2.26. The fraction of sp³-hybridized carbons (Fsp3) is 0.769. The Hall–Kier alpha value is -0.910. The van der Waals surface area contributed by atoms with Crippen molar-refractivity contribution >= 4 is 0 Å². The fourth-order valence-electron chi connectivity index (χ4n) is 2.51. The highest BCUT2D eigenvalue weighted by atomic mass is 16.5. The van der Waals surface area contributed by atoms with Crippen LogP contribution in [0.25, 0.3) is 0 Å². The van der Waals surface area contributed by atoms with E-state index in [1.54, 1.807) is 0 Å². The summed E-state index contributed by atoms with van der Waals surface area (Å²) in [7, 11) is 3.96. The van der Waals surface area contributed by atoms with E-state index < -0.39 is 0 Å². The van der Waals surface area contributed by atoms with Gasteiger partial charge in [0, 0.05) is 32.4 Å². The van der Waals surface area contributed by atoms with Crippen LogP contribution in [-0.2, 0) is 18.2 Å². The Bertz CT molecular complexity index is 366. The highest BCUT2D eigenvalue weighted by molar-refractivity contribution is 5.07. The molecule has 5 heteroatoms. The molecule has 2 rings (SSSR count). The number of hydrogen-bond donors (Lipinski definition) is 1. The van der Waals surface area contributed by atoms with Crippen molar-refractivity contribution in [2.75, 3.05) is 33.3 Å². The smallest absolute Gasteiger partial charge is 0.0858 e. The number of hydrogen-bond acceptors (Lipinski definition) is 4. The lowest BCUT2D eigenvalue weighted by Crippen LogP contribution is -2.52. The van der Waals surface area contributed by atoms with Crippen molar-refractivity contribution < 1.29 is 4.74 Å². The van der Waals surface area contributed by atoms with Crippen LogP contribution in [0.15, 0.2) is 12.4 Å². The Labute approximate surface area is 109 Å². The minimum atomic E-state index is 0.268. The lowest BCUT2D eigenvalue weighted by atomic mass is 10.0. The topological polar surface area (TPSA) is 42.3 Å². The third-order valence-electron chi connectivity index (χ3n) is 3.66. The van der Waals surface area contributed by atoms with Gasteiger partial charge in [-0.3, -0.25) is 9.58 Å². The first-order chi connectivity index (χ1) is 8.72. The number of nitrogens with one attached hydrogen (secondary N) is 1. The molecule has 1 fully saturated rings. The lowest BCUT2D eigenvalue weighted by Gasteiger charge is -2.36. The maximum absolute atomic E-state index is 5.91. The second-order valence-electron chi connectivity index (χ2n) is 4.92. The molecule has 0 radical (unpaired) electrons. The molecular formula is C13H24N4O. The zero-order valence-corrected chi connectivity index (χ0v) is 11.6. The monoisotopic (exact) mass is 252 g/mol. The summed E-state index contributed by atoms with van der Waals surface area (Å²) in [6, 6.07) is 0.351. The molecule has 2 atom stereocenters. The third-order valence-corrected chi connectivity index (χ3v) is 3.66.